The molecule has 2 atom stereocenters. The summed E-state index contributed by atoms with van der Waals surface area (Å²) in [6, 6.07) is 0. The normalized spacial score (nSPS) is 36.3. The van der Waals surface area contributed by atoms with E-state index in [2.05, 4.69) is 26.0 Å². The summed E-state index contributed by atoms with van der Waals surface area (Å²) < 4.78 is 0. The number of carbonyl (C=O) groups excluding carboxylic acids is 1. The van der Waals surface area contributed by atoms with Gasteiger partial charge in [-0.25, -0.2) is 0 Å². The van der Waals surface area contributed by atoms with Crippen molar-refractivity contribution in [3.63, 3.8) is 0 Å². The molecular formula is C12H16O. The van der Waals surface area contributed by atoms with Crippen LogP contribution in [0.5, 0.6) is 0 Å². The second-order valence-corrected chi connectivity index (χ2v) is 4.26. The largest absolute Gasteiger partial charge is 0.300 e. The average Bonchev–Trinajstić information content (AvgIpc) is 2.01. The summed E-state index contributed by atoms with van der Waals surface area (Å²) >= 11 is 0. The smallest absolute Gasteiger partial charge is 0.134 e. The Balaban J connectivity index is 2.35. The predicted molar refractivity (Wildman–Crippen MR) is 53.4 cm³/mol. The minimum absolute atomic E-state index is 0.435. The lowest BCUT2D eigenvalue weighted by atomic mass is 9.69. The second-order valence-electron chi connectivity index (χ2n) is 4.26. The zero-order valence-corrected chi connectivity index (χ0v) is 8.34. The van der Waals surface area contributed by atoms with Crippen LogP contribution < -0.4 is 0 Å². The third-order valence-corrected chi connectivity index (χ3v) is 3.21. The molecule has 0 N–H and O–H groups in total. The highest BCUT2D eigenvalue weighted by Crippen LogP contribution is 2.41. The van der Waals surface area contributed by atoms with Gasteiger partial charge in [-0.05, 0) is 26.2 Å². The molecule has 0 amide bonds. The molecule has 0 spiro atoms. The standard InChI is InChI=1S/C12H16O/c1-3-12-9-4-8(2)5-10(12)7-11(13)6-9/h3-4,9-10H,5-7H2,1-2H3/b12-3-. The van der Waals surface area contributed by atoms with Crippen molar-refractivity contribution in [2.24, 2.45) is 11.8 Å². The van der Waals surface area contributed by atoms with E-state index in [0.717, 1.165) is 19.3 Å². The Morgan fingerprint density at radius 2 is 2.15 bits per heavy atom. The Bertz CT molecular complexity index is 296. The summed E-state index contributed by atoms with van der Waals surface area (Å²) in [6.07, 6.45) is 7.12. The fraction of sp³-hybridized carbons (Fsp3) is 0.583. The first-order chi connectivity index (χ1) is 6.20. The SMILES string of the molecule is C/C=C1/C2C=C(C)CC1CC(=O)C2. The minimum atomic E-state index is 0.435. The molecule has 2 bridgehead atoms. The average molecular weight is 176 g/mol. The van der Waals surface area contributed by atoms with Gasteiger partial charge >= 0.3 is 0 Å². The fourth-order valence-electron chi connectivity index (χ4n) is 2.74. The van der Waals surface area contributed by atoms with E-state index in [9.17, 15) is 4.79 Å². The van der Waals surface area contributed by atoms with Crippen LogP contribution in [0.4, 0.5) is 0 Å². The Hall–Kier alpha value is -0.850. The van der Waals surface area contributed by atoms with Crippen LogP contribution in [0, 0.1) is 11.8 Å². The van der Waals surface area contributed by atoms with Crippen molar-refractivity contribution in [2.45, 2.75) is 33.1 Å². The molecule has 0 aliphatic heterocycles. The number of carbonyl (C=O) groups is 1. The highest BCUT2D eigenvalue weighted by atomic mass is 16.1. The quantitative estimate of drug-likeness (QED) is 0.519. The maximum atomic E-state index is 11.4. The van der Waals surface area contributed by atoms with Gasteiger partial charge in [0.25, 0.3) is 0 Å². The van der Waals surface area contributed by atoms with Crippen molar-refractivity contribution in [3.05, 3.63) is 23.3 Å². The molecular weight excluding hydrogens is 160 g/mol. The number of hydrogen-bond acceptors (Lipinski definition) is 1. The number of Topliss-reactive ketones (excluding diaryl/α,β-unsaturated/α-hetero) is 1. The maximum absolute atomic E-state index is 11.4. The van der Waals surface area contributed by atoms with Crippen LogP contribution >= 0.6 is 0 Å². The van der Waals surface area contributed by atoms with Crippen LogP contribution in [0.25, 0.3) is 0 Å². The van der Waals surface area contributed by atoms with Crippen LogP contribution in [0.2, 0.25) is 0 Å². The summed E-state index contributed by atoms with van der Waals surface area (Å²) in [7, 11) is 0. The molecule has 0 radical (unpaired) electrons. The van der Waals surface area contributed by atoms with E-state index in [1.54, 1.807) is 0 Å². The van der Waals surface area contributed by atoms with E-state index in [-0.39, 0.29) is 0 Å². The number of hydrogen-bond donors (Lipinski definition) is 0. The zero-order valence-electron chi connectivity index (χ0n) is 8.34. The van der Waals surface area contributed by atoms with Crippen molar-refractivity contribution >= 4 is 5.78 Å². The first-order valence-electron chi connectivity index (χ1n) is 5.05. The number of rotatable bonds is 0. The zero-order chi connectivity index (χ0) is 9.42. The molecule has 2 aliphatic rings. The third-order valence-electron chi connectivity index (χ3n) is 3.21. The Kier molecular flexibility index (Phi) is 2.10. The lowest BCUT2D eigenvalue weighted by Crippen LogP contribution is -2.28. The number of allylic oxidation sites excluding steroid dienone is 4. The summed E-state index contributed by atoms with van der Waals surface area (Å²) in [6.45, 7) is 4.28. The molecule has 0 aromatic rings. The molecule has 2 rings (SSSR count). The molecule has 0 saturated heterocycles. The summed E-state index contributed by atoms with van der Waals surface area (Å²) in [4.78, 5) is 11.4. The second kappa shape index (κ2) is 3.13. The topological polar surface area (TPSA) is 17.1 Å². The van der Waals surface area contributed by atoms with E-state index in [0.29, 0.717) is 17.6 Å². The molecule has 0 aromatic carbocycles. The van der Waals surface area contributed by atoms with Crippen molar-refractivity contribution in [1.29, 1.82) is 0 Å². The van der Waals surface area contributed by atoms with Gasteiger partial charge in [-0.1, -0.05) is 23.3 Å². The third kappa shape index (κ3) is 1.48. The van der Waals surface area contributed by atoms with Crippen LogP contribution in [0.3, 0.4) is 0 Å². The Labute approximate surface area is 79.5 Å². The monoisotopic (exact) mass is 176 g/mol. The van der Waals surface area contributed by atoms with Crippen molar-refractivity contribution in [1.82, 2.24) is 0 Å². The van der Waals surface area contributed by atoms with Gasteiger partial charge in [0.15, 0.2) is 0 Å². The van der Waals surface area contributed by atoms with Gasteiger partial charge in [-0.2, -0.15) is 0 Å². The summed E-state index contributed by atoms with van der Waals surface area (Å²) in [5, 5.41) is 0. The first kappa shape index (κ1) is 8.74. The molecule has 0 heterocycles. The molecule has 70 valence electrons. The molecule has 1 heteroatoms. The molecule has 1 fully saturated rings. The molecule has 0 aromatic heterocycles. The van der Waals surface area contributed by atoms with Crippen LogP contribution in [-0.2, 0) is 4.79 Å². The van der Waals surface area contributed by atoms with Crippen LogP contribution in [-0.4, -0.2) is 5.78 Å². The van der Waals surface area contributed by atoms with Gasteiger partial charge in [-0.15, -0.1) is 0 Å². The van der Waals surface area contributed by atoms with Crippen LogP contribution in [0.15, 0.2) is 23.3 Å². The Morgan fingerprint density at radius 1 is 1.38 bits per heavy atom. The number of fused-ring (bicyclic) bond motifs is 2. The predicted octanol–water partition coefficient (Wildman–Crippen LogP) is 2.88. The van der Waals surface area contributed by atoms with Gasteiger partial charge in [0.05, 0.1) is 0 Å². The molecule has 2 unspecified atom stereocenters. The van der Waals surface area contributed by atoms with E-state index in [1.165, 1.54) is 11.1 Å². The first-order valence-corrected chi connectivity index (χ1v) is 5.05. The van der Waals surface area contributed by atoms with Gasteiger partial charge in [0.2, 0.25) is 0 Å². The van der Waals surface area contributed by atoms with Crippen LogP contribution in [0.1, 0.15) is 33.1 Å². The van der Waals surface area contributed by atoms with Crippen molar-refractivity contribution < 1.29 is 4.79 Å². The summed E-state index contributed by atoms with van der Waals surface area (Å²) in [5.74, 6) is 1.41. The highest BCUT2D eigenvalue weighted by Gasteiger charge is 2.33. The maximum Gasteiger partial charge on any atom is 0.134 e. The van der Waals surface area contributed by atoms with Gasteiger partial charge in [0.1, 0.15) is 5.78 Å². The highest BCUT2D eigenvalue weighted by molar-refractivity contribution is 5.81. The Morgan fingerprint density at radius 3 is 2.77 bits per heavy atom. The van der Waals surface area contributed by atoms with Crippen molar-refractivity contribution in [3.8, 4) is 0 Å². The number of ketones is 1. The summed E-state index contributed by atoms with van der Waals surface area (Å²) in [5.41, 5.74) is 2.97. The van der Waals surface area contributed by atoms with Gasteiger partial charge < -0.3 is 0 Å². The van der Waals surface area contributed by atoms with Crippen molar-refractivity contribution in [2.75, 3.05) is 0 Å². The molecule has 13 heavy (non-hydrogen) atoms. The van der Waals surface area contributed by atoms with Gasteiger partial charge in [0, 0.05) is 18.8 Å². The molecule has 2 aliphatic carbocycles. The lowest BCUT2D eigenvalue weighted by Gasteiger charge is -2.35. The van der Waals surface area contributed by atoms with E-state index >= 15 is 0 Å². The van der Waals surface area contributed by atoms with E-state index in [4.69, 9.17) is 0 Å². The fourth-order valence-corrected chi connectivity index (χ4v) is 2.74. The molecule has 1 saturated carbocycles. The lowest BCUT2D eigenvalue weighted by molar-refractivity contribution is -0.121. The molecule has 1 nitrogen and oxygen atoms in total. The van der Waals surface area contributed by atoms with E-state index < -0.39 is 0 Å². The van der Waals surface area contributed by atoms with Gasteiger partial charge in [-0.3, -0.25) is 4.79 Å². The minimum Gasteiger partial charge on any atom is -0.300 e. The van der Waals surface area contributed by atoms with E-state index in [1.807, 2.05) is 0 Å².